The molecule has 1 N–H and O–H groups in total. The standard InChI is InChI=1S/C16H17N3S/c1-13(15-7-10-20-12-15)17-11-14-3-5-16(6-4-14)19-9-2-8-18-19/h2-10,12-13,17H,11H2,1H3. The van der Waals surface area contributed by atoms with Crippen LogP contribution in [0.25, 0.3) is 5.69 Å². The first-order chi connectivity index (χ1) is 9.83. The summed E-state index contributed by atoms with van der Waals surface area (Å²) in [7, 11) is 0. The highest BCUT2D eigenvalue weighted by atomic mass is 32.1. The van der Waals surface area contributed by atoms with Crippen LogP contribution in [0.1, 0.15) is 24.1 Å². The molecule has 0 bridgehead atoms. The van der Waals surface area contributed by atoms with Crippen LogP contribution in [0, 0.1) is 0 Å². The Hall–Kier alpha value is -1.91. The monoisotopic (exact) mass is 283 g/mol. The maximum absolute atomic E-state index is 4.23. The van der Waals surface area contributed by atoms with E-state index in [4.69, 9.17) is 0 Å². The fourth-order valence-electron chi connectivity index (χ4n) is 2.10. The largest absolute Gasteiger partial charge is 0.306 e. The summed E-state index contributed by atoms with van der Waals surface area (Å²) in [5.74, 6) is 0. The van der Waals surface area contributed by atoms with E-state index in [0.717, 1.165) is 12.2 Å². The van der Waals surface area contributed by atoms with Crippen molar-refractivity contribution in [2.24, 2.45) is 0 Å². The lowest BCUT2D eigenvalue weighted by atomic mass is 10.1. The summed E-state index contributed by atoms with van der Waals surface area (Å²) in [6.07, 6.45) is 3.74. The topological polar surface area (TPSA) is 29.9 Å². The van der Waals surface area contributed by atoms with Gasteiger partial charge < -0.3 is 5.32 Å². The molecule has 0 aliphatic rings. The molecule has 0 amide bonds. The fourth-order valence-corrected chi connectivity index (χ4v) is 2.85. The smallest absolute Gasteiger partial charge is 0.0645 e. The summed E-state index contributed by atoms with van der Waals surface area (Å²) >= 11 is 1.74. The second-order valence-electron chi connectivity index (χ2n) is 4.78. The van der Waals surface area contributed by atoms with Crippen LogP contribution >= 0.6 is 11.3 Å². The first-order valence-corrected chi connectivity index (χ1v) is 7.61. The van der Waals surface area contributed by atoms with Crippen LogP contribution in [0.2, 0.25) is 0 Å². The number of aromatic nitrogens is 2. The number of nitrogens with zero attached hydrogens (tertiary/aromatic N) is 2. The highest BCUT2D eigenvalue weighted by molar-refractivity contribution is 7.07. The SMILES string of the molecule is CC(NCc1ccc(-n2cccn2)cc1)c1ccsc1. The average Bonchev–Trinajstić information content (AvgIpc) is 3.18. The van der Waals surface area contributed by atoms with Crippen molar-refractivity contribution in [1.82, 2.24) is 15.1 Å². The maximum atomic E-state index is 4.23. The number of thiophene rings is 1. The minimum absolute atomic E-state index is 0.382. The van der Waals surface area contributed by atoms with Crippen molar-refractivity contribution in [1.29, 1.82) is 0 Å². The lowest BCUT2D eigenvalue weighted by Gasteiger charge is -2.12. The molecular formula is C16H17N3S. The van der Waals surface area contributed by atoms with E-state index in [1.165, 1.54) is 11.1 Å². The van der Waals surface area contributed by atoms with E-state index in [2.05, 4.69) is 58.4 Å². The normalized spacial score (nSPS) is 12.4. The maximum Gasteiger partial charge on any atom is 0.0645 e. The van der Waals surface area contributed by atoms with Crippen LogP contribution in [0.3, 0.4) is 0 Å². The third kappa shape index (κ3) is 2.98. The quantitative estimate of drug-likeness (QED) is 0.772. The first kappa shape index (κ1) is 13.1. The molecule has 102 valence electrons. The Kier molecular flexibility index (Phi) is 3.95. The van der Waals surface area contributed by atoms with Crippen LogP contribution in [0.15, 0.2) is 59.6 Å². The van der Waals surface area contributed by atoms with Crippen molar-refractivity contribution in [2.45, 2.75) is 19.5 Å². The van der Waals surface area contributed by atoms with Crippen molar-refractivity contribution < 1.29 is 0 Å². The highest BCUT2D eigenvalue weighted by Gasteiger charge is 2.05. The van der Waals surface area contributed by atoms with Crippen LogP contribution in [-0.2, 0) is 6.54 Å². The van der Waals surface area contributed by atoms with Gasteiger partial charge in [0.15, 0.2) is 0 Å². The summed E-state index contributed by atoms with van der Waals surface area (Å²) in [6, 6.07) is 13.0. The minimum atomic E-state index is 0.382. The minimum Gasteiger partial charge on any atom is -0.306 e. The van der Waals surface area contributed by atoms with Gasteiger partial charge in [0.05, 0.1) is 5.69 Å². The van der Waals surface area contributed by atoms with Gasteiger partial charge in [-0.3, -0.25) is 0 Å². The van der Waals surface area contributed by atoms with E-state index in [-0.39, 0.29) is 0 Å². The molecule has 2 aromatic heterocycles. The number of hydrogen-bond acceptors (Lipinski definition) is 3. The molecule has 1 unspecified atom stereocenters. The van der Waals surface area contributed by atoms with Crippen LogP contribution in [-0.4, -0.2) is 9.78 Å². The van der Waals surface area contributed by atoms with Gasteiger partial charge in [-0.2, -0.15) is 16.4 Å². The Morgan fingerprint density at radius 3 is 2.75 bits per heavy atom. The van der Waals surface area contributed by atoms with E-state index in [9.17, 15) is 0 Å². The van der Waals surface area contributed by atoms with E-state index in [0.29, 0.717) is 6.04 Å². The molecule has 0 saturated carbocycles. The Morgan fingerprint density at radius 2 is 2.10 bits per heavy atom. The molecule has 0 spiro atoms. The first-order valence-electron chi connectivity index (χ1n) is 6.67. The number of hydrogen-bond donors (Lipinski definition) is 1. The molecule has 3 rings (SSSR count). The predicted molar refractivity (Wildman–Crippen MR) is 83.1 cm³/mol. The third-order valence-corrected chi connectivity index (χ3v) is 4.06. The van der Waals surface area contributed by atoms with Gasteiger partial charge in [0, 0.05) is 25.0 Å². The van der Waals surface area contributed by atoms with Crippen LogP contribution in [0.5, 0.6) is 0 Å². The molecule has 20 heavy (non-hydrogen) atoms. The summed E-state index contributed by atoms with van der Waals surface area (Å²) in [4.78, 5) is 0. The molecule has 0 radical (unpaired) electrons. The summed E-state index contributed by atoms with van der Waals surface area (Å²) in [5, 5.41) is 12.1. The Labute approximate surface area is 122 Å². The highest BCUT2D eigenvalue weighted by Crippen LogP contribution is 2.16. The molecule has 3 nitrogen and oxygen atoms in total. The zero-order valence-electron chi connectivity index (χ0n) is 11.4. The van der Waals surface area contributed by atoms with E-state index >= 15 is 0 Å². The Bertz CT molecular complexity index is 627. The molecule has 4 heteroatoms. The second kappa shape index (κ2) is 6.03. The summed E-state index contributed by atoms with van der Waals surface area (Å²) in [5.41, 5.74) is 3.72. The third-order valence-electron chi connectivity index (χ3n) is 3.36. The molecule has 0 fully saturated rings. The Balaban J connectivity index is 1.61. The molecule has 0 aliphatic carbocycles. The van der Waals surface area contributed by atoms with Gasteiger partial charge in [0.2, 0.25) is 0 Å². The van der Waals surface area contributed by atoms with E-state index < -0.39 is 0 Å². The van der Waals surface area contributed by atoms with Crippen molar-refractivity contribution in [3.8, 4) is 5.69 Å². The van der Waals surface area contributed by atoms with Gasteiger partial charge in [-0.05, 0) is 53.1 Å². The zero-order chi connectivity index (χ0) is 13.8. The van der Waals surface area contributed by atoms with E-state index in [1.807, 2.05) is 16.9 Å². The molecule has 0 aliphatic heterocycles. The predicted octanol–water partition coefficient (Wildman–Crippen LogP) is 3.78. The molecule has 1 aromatic carbocycles. The van der Waals surface area contributed by atoms with Crippen molar-refractivity contribution >= 4 is 11.3 Å². The molecule has 2 heterocycles. The van der Waals surface area contributed by atoms with Gasteiger partial charge in [-0.1, -0.05) is 12.1 Å². The number of rotatable bonds is 5. The van der Waals surface area contributed by atoms with Gasteiger partial charge in [-0.25, -0.2) is 4.68 Å². The van der Waals surface area contributed by atoms with Gasteiger partial charge >= 0.3 is 0 Å². The Morgan fingerprint density at radius 1 is 1.25 bits per heavy atom. The molecule has 3 aromatic rings. The molecular weight excluding hydrogens is 266 g/mol. The second-order valence-corrected chi connectivity index (χ2v) is 5.56. The van der Waals surface area contributed by atoms with Crippen molar-refractivity contribution in [2.75, 3.05) is 0 Å². The van der Waals surface area contributed by atoms with Crippen molar-refractivity contribution in [3.05, 3.63) is 70.7 Å². The number of benzene rings is 1. The summed E-state index contributed by atoms with van der Waals surface area (Å²) in [6.45, 7) is 3.07. The molecule has 1 atom stereocenters. The van der Waals surface area contributed by atoms with Crippen LogP contribution in [0.4, 0.5) is 0 Å². The van der Waals surface area contributed by atoms with Gasteiger partial charge in [0.25, 0.3) is 0 Å². The fraction of sp³-hybridized carbons (Fsp3) is 0.188. The lowest BCUT2D eigenvalue weighted by Crippen LogP contribution is -2.17. The van der Waals surface area contributed by atoms with Gasteiger partial charge in [-0.15, -0.1) is 0 Å². The average molecular weight is 283 g/mol. The molecule has 0 saturated heterocycles. The van der Waals surface area contributed by atoms with Crippen LogP contribution < -0.4 is 5.32 Å². The number of nitrogens with one attached hydrogen (secondary N) is 1. The van der Waals surface area contributed by atoms with Crippen molar-refractivity contribution in [3.63, 3.8) is 0 Å². The van der Waals surface area contributed by atoms with Gasteiger partial charge in [0.1, 0.15) is 0 Å². The zero-order valence-corrected chi connectivity index (χ0v) is 12.2. The van der Waals surface area contributed by atoms with E-state index in [1.54, 1.807) is 17.5 Å². The summed E-state index contributed by atoms with van der Waals surface area (Å²) < 4.78 is 1.87. The lowest BCUT2D eigenvalue weighted by molar-refractivity contribution is 0.576.